The second-order valence-electron chi connectivity index (χ2n) is 8.88. The van der Waals surface area contributed by atoms with Gasteiger partial charge in [-0.15, -0.1) is 0 Å². The molecule has 2 aromatic rings. The molecule has 2 heterocycles. The zero-order valence-corrected chi connectivity index (χ0v) is 21.6. The number of hydrogen-bond acceptors (Lipinski definition) is 8. The molecule has 3 amide bonds. The fourth-order valence-corrected chi connectivity index (χ4v) is 4.87. The number of anilines is 1. The number of primary amides is 1. The van der Waals surface area contributed by atoms with Gasteiger partial charge in [-0.1, -0.05) is 6.07 Å². The van der Waals surface area contributed by atoms with Crippen LogP contribution in [0.2, 0.25) is 0 Å². The van der Waals surface area contributed by atoms with Gasteiger partial charge < -0.3 is 25.8 Å². The summed E-state index contributed by atoms with van der Waals surface area (Å²) in [4.78, 5) is 29.0. The van der Waals surface area contributed by atoms with Crippen LogP contribution in [0.25, 0.3) is 0 Å². The average Bonchev–Trinajstić information content (AvgIpc) is 3.22. The van der Waals surface area contributed by atoms with E-state index in [-0.39, 0.29) is 29.7 Å². The van der Waals surface area contributed by atoms with E-state index in [0.29, 0.717) is 12.1 Å². The number of carbonyl (C=O) groups excluding carboxylic acids is 2. The highest BCUT2D eigenvalue weighted by Crippen LogP contribution is 2.31. The normalized spacial score (nSPS) is 14.6. The first kappa shape index (κ1) is 27.8. The zero-order valence-electron chi connectivity index (χ0n) is 20.8. The van der Waals surface area contributed by atoms with Crippen LogP contribution < -0.4 is 21.1 Å². The Hall–Kier alpha value is -2.80. The minimum atomic E-state index is -0.797. The molecule has 1 aliphatic heterocycles. The summed E-state index contributed by atoms with van der Waals surface area (Å²) in [5.74, 6) is -1.24. The van der Waals surface area contributed by atoms with E-state index < -0.39 is 17.8 Å². The van der Waals surface area contributed by atoms with Crippen LogP contribution in [-0.4, -0.2) is 83.6 Å². The number of unbranched alkanes of at least 4 members (excludes halogenated alkanes) is 1. The van der Waals surface area contributed by atoms with Gasteiger partial charge in [-0.2, -0.15) is 4.37 Å². The fraction of sp³-hybridized carbons (Fsp3) is 0.542. The van der Waals surface area contributed by atoms with Gasteiger partial charge in [0.1, 0.15) is 23.0 Å². The van der Waals surface area contributed by atoms with Gasteiger partial charge in [0.25, 0.3) is 5.91 Å². The second kappa shape index (κ2) is 13.5. The number of ether oxygens (including phenoxy) is 1. The first-order chi connectivity index (χ1) is 17.3. The number of β-amino-alcohol motifs (C(OH)–C–C–N with tert-alkyl or cyclic N) is 1. The van der Waals surface area contributed by atoms with Crippen LogP contribution >= 0.6 is 11.5 Å². The Balaban J connectivity index is 1.43. The molecule has 0 spiro atoms. The SMILES string of the molecule is Cc1cc(C)c(COc2nsc(NC(=O)NCCCCN3CCN(CCO)CC3)c2C(N)=O)c(F)c1. The highest BCUT2D eigenvalue weighted by atomic mass is 32.1. The van der Waals surface area contributed by atoms with E-state index >= 15 is 0 Å². The number of nitrogens with one attached hydrogen (secondary N) is 2. The molecule has 3 rings (SSSR count). The molecule has 0 saturated carbocycles. The standard InChI is InChI=1S/C24H35FN6O4S/c1-16-13-17(2)18(19(25)14-16)15-35-22-20(21(26)33)23(36-29-22)28-24(34)27-5-3-4-6-30-7-9-31(10-8-30)11-12-32/h13-14,32H,3-12,15H2,1-2H3,(H2,26,33)(H2,27,28,34). The summed E-state index contributed by atoms with van der Waals surface area (Å²) in [7, 11) is 0. The topological polar surface area (TPSA) is 133 Å². The number of aliphatic hydroxyl groups excluding tert-OH is 1. The molecule has 36 heavy (non-hydrogen) atoms. The number of nitrogens with zero attached hydrogens (tertiary/aromatic N) is 3. The molecular weight excluding hydrogens is 487 g/mol. The monoisotopic (exact) mass is 522 g/mol. The molecule has 1 aliphatic rings. The maximum absolute atomic E-state index is 14.3. The third kappa shape index (κ3) is 7.85. The molecule has 5 N–H and O–H groups in total. The number of aromatic nitrogens is 1. The lowest BCUT2D eigenvalue weighted by atomic mass is 10.1. The van der Waals surface area contributed by atoms with E-state index in [1.165, 1.54) is 6.07 Å². The van der Waals surface area contributed by atoms with Gasteiger partial charge in [-0.25, -0.2) is 9.18 Å². The number of hydrogen-bond donors (Lipinski definition) is 4. The van der Waals surface area contributed by atoms with Crippen molar-refractivity contribution < 1.29 is 23.8 Å². The third-order valence-electron chi connectivity index (χ3n) is 6.12. The largest absolute Gasteiger partial charge is 0.471 e. The first-order valence-electron chi connectivity index (χ1n) is 12.1. The van der Waals surface area contributed by atoms with Crippen LogP contribution in [0.3, 0.4) is 0 Å². The van der Waals surface area contributed by atoms with Gasteiger partial charge in [0.2, 0.25) is 5.88 Å². The lowest BCUT2D eigenvalue weighted by Gasteiger charge is -2.34. The van der Waals surface area contributed by atoms with Crippen molar-refractivity contribution in [3.63, 3.8) is 0 Å². The van der Waals surface area contributed by atoms with Crippen LogP contribution in [-0.2, 0) is 6.61 Å². The van der Waals surface area contributed by atoms with E-state index in [0.717, 1.165) is 74.8 Å². The Bertz CT molecular complexity index is 1020. The summed E-state index contributed by atoms with van der Waals surface area (Å²) >= 11 is 0.877. The summed E-state index contributed by atoms with van der Waals surface area (Å²) < 4.78 is 24.0. The van der Waals surface area contributed by atoms with Crippen molar-refractivity contribution >= 4 is 28.5 Å². The zero-order chi connectivity index (χ0) is 26.1. The molecule has 1 aromatic carbocycles. The number of urea groups is 1. The number of benzene rings is 1. The van der Waals surface area contributed by atoms with E-state index in [1.54, 1.807) is 13.8 Å². The summed E-state index contributed by atoms with van der Waals surface area (Å²) in [5, 5.41) is 14.6. The number of amides is 3. The smallest absolute Gasteiger partial charge is 0.319 e. The minimum Gasteiger partial charge on any atom is -0.471 e. The van der Waals surface area contributed by atoms with Crippen molar-refractivity contribution in [1.82, 2.24) is 19.5 Å². The Labute approximate surface area is 214 Å². The van der Waals surface area contributed by atoms with Crippen molar-refractivity contribution in [2.75, 3.05) is 57.7 Å². The first-order valence-corrected chi connectivity index (χ1v) is 12.8. The molecule has 0 atom stereocenters. The molecule has 0 bridgehead atoms. The molecule has 0 radical (unpaired) electrons. The van der Waals surface area contributed by atoms with E-state index in [2.05, 4.69) is 24.8 Å². The minimum absolute atomic E-state index is 0.0405. The predicted molar refractivity (Wildman–Crippen MR) is 137 cm³/mol. The summed E-state index contributed by atoms with van der Waals surface area (Å²) in [6.45, 7) is 9.71. The van der Waals surface area contributed by atoms with Gasteiger partial charge in [-0.05, 0) is 62.0 Å². The summed E-state index contributed by atoms with van der Waals surface area (Å²) in [6.07, 6.45) is 1.76. The van der Waals surface area contributed by atoms with Crippen molar-refractivity contribution in [2.24, 2.45) is 5.73 Å². The quantitative estimate of drug-likeness (QED) is 0.314. The van der Waals surface area contributed by atoms with Crippen LogP contribution in [0, 0.1) is 19.7 Å². The summed E-state index contributed by atoms with van der Waals surface area (Å²) in [6, 6.07) is 2.79. The number of piperazine rings is 1. The van der Waals surface area contributed by atoms with Crippen molar-refractivity contribution in [3.05, 3.63) is 40.2 Å². The molecule has 10 nitrogen and oxygen atoms in total. The molecule has 1 saturated heterocycles. The Morgan fingerprint density at radius 1 is 1.17 bits per heavy atom. The van der Waals surface area contributed by atoms with Crippen LogP contribution in [0.1, 0.15) is 39.9 Å². The highest BCUT2D eigenvalue weighted by Gasteiger charge is 2.23. The van der Waals surface area contributed by atoms with Gasteiger partial charge in [0.05, 0.1) is 6.61 Å². The average molecular weight is 523 g/mol. The molecule has 198 valence electrons. The number of aliphatic hydroxyl groups is 1. The van der Waals surface area contributed by atoms with E-state index in [4.69, 9.17) is 15.6 Å². The van der Waals surface area contributed by atoms with Gasteiger partial charge in [0, 0.05) is 44.8 Å². The van der Waals surface area contributed by atoms with Gasteiger partial charge >= 0.3 is 6.03 Å². The number of nitrogens with two attached hydrogens (primary N) is 1. The molecule has 0 unspecified atom stereocenters. The number of carbonyl (C=O) groups is 2. The molecule has 0 aliphatic carbocycles. The van der Waals surface area contributed by atoms with Crippen LogP contribution in [0.4, 0.5) is 14.2 Å². The molecule has 12 heteroatoms. The summed E-state index contributed by atoms with van der Waals surface area (Å²) in [5.41, 5.74) is 7.35. The lowest BCUT2D eigenvalue weighted by Crippen LogP contribution is -2.47. The lowest BCUT2D eigenvalue weighted by molar-refractivity contribution is 0.0996. The number of rotatable bonds is 12. The van der Waals surface area contributed by atoms with E-state index in [9.17, 15) is 14.0 Å². The number of aryl methyl sites for hydroxylation is 2. The Kier molecular flexibility index (Phi) is 10.4. The predicted octanol–water partition coefficient (Wildman–Crippen LogP) is 2.09. The maximum Gasteiger partial charge on any atom is 0.319 e. The van der Waals surface area contributed by atoms with Crippen molar-refractivity contribution in [1.29, 1.82) is 0 Å². The highest BCUT2D eigenvalue weighted by molar-refractivity contribution is 7.11. The Morgan fingerprint density at radius 2 is 1.86 bits per heavy atom. The van der Waals surface area contributed by atoms with Crippen molar-refractivity contribution in [2.45, 2.75) is 33.3 Å². The van der Waals surface area contributed by atoms with Crippen molar-refractivity contribution in [3.8, 4) is 5.88 Å². The Morgan fingerprint density at radius 3 is 2.50 bits per heavy atom. The second-order valence-corrected chi connectivity index (χ2v) is 9.66. The van der Waals surface area contributed by atoms with Gasteiger partial charge in [0.15, 0.2) is 0 Å². The molecule has 1 aromatic heterocycles. The maximum atomic E-state index is 14.3. The molecular formula is C24H35FN6O4S. The fourth-order valence-electron chi connectivity index (χ4n) is 4.13. The van der Waals surface area contributed by atoms with Gasteiger partial charge in [-0.3, -0.25) is 15.0 Å². The van der Waals surface area contributed by atoms with Crippen LogP contribution in [0.15, 0.2) is 12.1 Å². The molecule has 1 fully saturated rings. The third-order valence-corrected chi connectivity index (χ3v) is 6.86. The number of halogens is 1. The van der Waals surface area contributed by atoms with E-state index in [1.807, 2.05) is 6.07 Å². The van der Waals surface area contributed by atoms with Crippen LogP contribution in [0.5, 0.6) is 5.88 Å².